The van der Waals surface area contributed by atoms with Crippen molar-refractivity contribution in [2.75, 3.05) is 37.6 Å². The number of piperidine rings is 1. The number of rotatable bonds is 3. The highest BCUT2D eigenvalue weighted by Gasteiger charge is 2.37. The van der Waals surface area contributed by atoms with Crippen molar-refractivity contribution in [3.63, 3.8) is 0 Å². The van der Waals surface area contributed by atoms with Crippen molar-refractivity contribution in [1.82, 2.24) is 15.1 Å². The Morgan fingerprint density at radius 2 is 1.63 bits per heavy atom. The molecule has 0 aliphatic carbocycles. The maximum Gasteiger partial charge on any atom is 0.249 e. The van der Waals surface area contributed by atoms with Gasteiger partial charge in [-0.05, 0) is 50.5 Å². The SMILES string of the molecule is CC(C)(C)N1CCN(c2ccc(C3=CC(=O)N(C4CCC(=O)NC4=O)C3)cc2)CC1. The lowest BCUT2D eigenvalue weighted by Crippen LogP contribution is -2.53. The van der Waals surface area contributed by atoms with E-state index in [1.54, 1.807) is 11.0 Å². The van der Waals surface area contributed by atoms with E-state index in [1.165, 1.54) is 5.69 Å². The summed E-state index contributed by atoms with van der Waals surface area (Å²) in [4.78, 5) is 42.5. The fourth-order valence-electron chi connectivity index (χ4n) is 4.48. The van der Waals surface area contributed by atoms with Crippen molar-refractivity contribution in [2.24, 2.45) is 0 Å². The van der Waals surface area contributed by atoms with Crippen LogP contribution in [0.1, 0.15) is 39.2 Å². The molecule has 1 aromatic carbocycles. The first kappa shape index (κ1) is 20.6. The molecular weight excluding hydrogens is 380 g/mol. The van der Waals surface area contributed by atoms with Gasteiger partial charge in [-0.15, -0.1) is 0 Å². The average molecular weight is 411 g/mol. The van der Waals surface area contributed by atoms with E-state index in [9.17, 15) is 14.4 Å². The normalized spacial score (nSPS) is 23.6. The van der Waals surface area contributed by atoms with Gasteiger partial charge >= 0.3 is 0 Å². The Hall–Kier alpha value is -2.67. The lowest BCUT2D eigenvalue weighted by atomic mass is 10.0. The Morgan fingerprint density at radius 1 is 0.967 bits per heavy atom. The summed E-state index contributed by atoms with van der Waals surface area (Å²) < 4.78 is 0. The third-order valence-corrected chi connectivity index (χ3v) is 6.34. The van der Waals surface area contributed by atoms with E-state index in [-0.39, 0.29) is 29.7 Å². The summed E-state index contributed by atoms with van der Waals surface area (Å²) in [5.41, 5.74) is 3.30. The molecule has 1 unspecified atom stereocenters. The number of piperazine rings is 1. The molecule has 3 aliphatic rings. The molecule has 1 aromatic rings. The fraction of sp³-hybridized carbons (Fsp3) is 0.522. The Labute approximate surface area is 177 Å². The number of amides is 3. The number of anilines is 1. The van der Waals surface area contributed by atoms with E-state index in [0.717, 1.165) is 37.3 Å². The van der Waals surface area contributed by atoms with Crippen LogP contribution >= 0.6 is 0 Å². The van der Waals surface area contributed by atoms with Gasteiger partial charge in [-0.3, -0.25) is 24.6 Å². The van der Waals surface area contributed by atoms with Gasteiger partial charge in [0, 0.05) is 56.4 Å². The van der Waals surface area contributed by atoms with Crippen LogP contribution in [0.15, 0.2) is 30.3 Å². The predicted octanol–water partition coefficient (Wildman–Crippen LogP) is 1.64. The number of hydrogen-bond donors (Lipinski definition) is 1. The van der Waals surface area contributed by atoms with Crippen LogP contribution in [0.5, 0.6) is 0 Å². The van der Waals surface area contributed by atoms with Crippen molar-refractivity contribution in [3.8, 4) is 0 Å². The van der Waals surface area contributed by atoms with Crippen molar-refractivity contribution >= 4 is 29.0 Å². The number of hydrogen-bond acceptors (Lipinski definition) is 5. The van der Waals surface area contributed by atoms with E-state index >= 15 is 0 Å². The van der Waals surface area contributed by atoms with Gasteiger partial charge in [0.15, 0.2) is 0 Å². The number of nitrogens with one attached hydrogen (secondary N) is 1. The van der Waals surface area contributed by atoms with Crippen molar-refractivity contribution in [2.45, 2.75) is 45.2 Å². The summed E-state index contributed by atoms with van der Waals surface area (Å²) in [6, 6.07) is 7.77. The van der Waals surface area contributed by atoms with Crippen LogP contribution in [0.4, 0.5) is 5.69 Å². The van der Waals surface area contributed by atoms with Crippen molar-refractivity contribution < 1.29 is 14.4 Å². The summed E-state index contributed by atoms with van der Waals surface area (Å²) in [6.07, 6.45) is 2.27. The van der Waals surface area contributed by atoms with Gasteiger partial charge in [-0.2, -0.15) is 0 Å². The van der Waals surface area contributed by atoms with Gasteiger partial charge in [-0.1, -0.05) is 12.1 Å². The van der Waals surface area contributed by atoms with Gasteiger partial charge < -0.3 is 9.80 Å². The third-order valence-electron chi connectivity index (χ3n) is 6.34. The predicted molar refractivity (Wildman–Crippen MR) is 116 cm³/mol. The van der Waals surface area contributed by atoms with Gasteiger partial charge in [-0.25, -0.2) is 0 Å². The topological polar surface area (TPSA) is 73.0 Å². The van der Waals surface area contributed by atoms with E-state index in [0.29, 0.717) is 13.0 Å². The van der Waals surface area contributed by atoms with E-state index in [1.807, 2.05) is 0 Å². The maximum absolute atomic E-state index is 12.5. The van der Waals surface area contributed by atoms with Crippen LogP contribution < -0.4 is 10.2 Å². The van der Waals surface area contributed by atoms with E-state index in [2.05, 4.69) is 60.2 Å². The highest BCUT2D eigenvalue weighted by molar-refractivity contribution is 6.06. The molecule has 4 rings (SSSR count). The Morgan fingerprint density at radius 3 is 2.23 bits per heavy atom. The number of imide groups is 1. The van der Waals surface area contributed by atoms with Crippen LogP contribution in [0.25, 0.3) is 5.57 Å². The zero-order valence-electron chi connectivity index (χ0n) is 18.0. The average Bonchev–Trinajstić information content (AvgIpc) is 3.09. The lowest BCUT2D eigenvalue weighted by molar-refractivity contribution is -0.142. The standard InChI is InChI=1S/C23H30N4O3/c1-23(2,3)26-12-10-25(11-13-26)18-6-4-16(5-7-18)17-14-21(29)27(15-17)19-8-9-20(28)24-22(19)30/h4-7,14,19H,8-13,15H2,1-3H3,(H,24,28,30). The molecule has 3 amide bonds. The van der Waals surface area contributed by atoms with Crippen molar-refractivity contribution in [1.29, 1.82) is 0 Å². The number of carbonyl (C=O) groups is 3. The molecular formula is C23H30N4O3. The summed E-state index contributed by atoms with van der Waals surface area (Å²) in [6.45, 7) is 11.3. The molecule has 2 fully saturated rings. The monoisotopic (exact) mass is 410 g/mol. The van der Waals surface area contributed by atoms with Crippen LogP contribution in [0.2, 0.25) is 0 Å². The van der Waals surface area contributed by atoms with Crippen LogP contribution in [-0.4, -0.2) is 71.8 Å². The maximum atomic E-state index is 12.5. The molecule has 1 atom stereocenters. The van der Waals surface area contributed by atoms with Gasteiger partial charge in [0.1, 0.15) is 6.04 Å². The second-order valence-electron chi connectivity index (χ2n) is 9.29. The Kier molecular flexibility index (Phi) is 5.40. The molecule has 0 spiro atoms. The molecule has 0 saturated carbocycles. The van der Waals surface area contributed by atoms with Crippen LogP contribution in [0.3, 0.4) is 0 Å². The summed E-state index contributed by atoms with van der Waals surface area (Å²) in [5, 5.41) is 2.33. The number of benzene rings is 1. The summed E-state index contributed by atoms with van der Waals surface area (Å²) in [5.74, 6) is -0.809. The summed E-state index contributed by atoms with van der Waals surface area (Å²) in [7, 11) is 0. The zero-order chi connectivity index (χ0) is 21.5. The Balaban J connectivity index is 1.39. The fourth-order valence-corrected chi connectivity index (χ4v) is 4.48. The minimum absolute atomic E-state index is 0.165. The molecule has 7 heteroatoms. The number of nitrogens with zero attached hydrogens (tertiary/aromatic N) is 3. The molecule has 3 heterocycles. The highest BCUT2D eigenvalue weighted by Crippen LogP contribution is 2.28. The molecule has 160 valence electrons. The molecule has 0 aromatic heterocycles. The first-order chi connectivity index (χ1) is 14.2. The third kappa shape index (κ3) is 4.12. The number of carbonyl (C=O) groups excluding carboxylic acids is 3. The highest BCUT2D eigenvalue weighted by atomic mass is 16.2. The minimum atomic E-state index is -0.567. The van der Waals surface area contributed by atoms with Crippen LogP contribution in [0, 0.1) is 0 Å². The molecule has 7 nitrogen and oxygen atoms in total. The molecule has 3 aliphatic heterocycles. The lowest BCUT2D eigenvalue weighted by Gasteiger charge is -2.43. The second kappa shape index (κ2) is 7.87. The quantitative estimate of drug-likeness (QED) is 0.767. The molecule has 1 N–H and O–H groups in total. The first-order valence-corrected chi connectivity index (χ1v) is 10.7. The largest absolute Gasteiger partial charge is 0.369 e. The van der Waals surface area contributed by atoms with Gasteiger partial charge in [0.05, 0.1) is 0 Å². The zero-order valence-corrected chi connectivity index (χ0v) is 18.0. The Bertz CT molecular complexity index is 877. The smallest absolute Gasteiger partial charge is 0.249 e. The van der Waals surface area contributed by atoms with Crippen LogP contribution in [-0.2, 0) is 14.4 Å². The van der Waals surface area contributed by atoms with Crippen molar-refractivity contribution in [3.05, 3.63) is 35.9 Å². The first-order valence-electron chi connectivity index (χ1n) is 10.7. The molecule has 0 bridgehead atoms. The molecule has 2 saturated heterocycles. The summed E-state index contributed by atoms with van der Waals surface area (Å²) >= 11 is 0. The minimum Gasteiger partial charge on any atom is -0.369 e. The van der Waals surface area contributed by atoms with E-state index < -0.39 is 6.04 Å². The van der Waals surface area contributed by atoms with Gasteiger partial charge in [0.25, 0.3) is 0 Å². The second-order valence-corrected chi connectivity index (χ2v) is 9.29. The molecule has 30 heavy (non-hydrogen) atoms. The van der Waals surface area contributed by atoms with Gasteiger partial charge in [0.2, 0.25) is 17.7 Å². The van der Waals surface area contributed by atoms with E-state index in [4.69, 9.17) is 0 Å². The molecule has 0 radical (unpaired) electrons.